The van der Waals surface area contributed by atoms with E-state index in [9.17, 15) is 5.11 Å². The fourth-order valence-electron chi connectivity index (χ4n) is 1.98. The van der Waals surface area contributed by atoms with Crippen LogP contribution in [0.15, 0.2) is 54.6 Å². The Morgan fingerprint density at radius 3 is 2.25 bits per heavy atom. The zero-order valence-corrected chi connectivity index (χ0v) is 9.43. The van der Waals surface area contributed by atoms with E-state index in [1.54, 1.807) is 6.07 Å². The molecular weight excluding hydrogens is 196 g/mol. The van der Waals surface area contributed by atoms with Crippen LogP contribution in [0.25, 0.3) is 0 Å². The van der Waals surface area contributed by atoms with Crippen molar-refractivity contribution in [3.63, 3.8) is 0 Å². The van der Waals surface area contributed by atoms with E-state index in [4.69, 9.17) is 0 Å². The molecule has 0 spiro atoms. The zero-order chi connectivity index (χ0) is 11.4. The predicted octanol–water partition coefficient (Wildman–Crippen LogP) is 3.74. The molecule has 0 fully saturated rings. The van der Waals surface area contributed by atoms with Crippen LogP contribution < -0.4 is 0 Å². The lowest BCUT2D eigenvalue weighted by molar-refractivity contribution is 0.462. The van der Waals surface area contributed by atoms with Crippen LogP contribution in [0.3, 0.4) is 0 Å². The molecule has 82 valence electrons. The van der Waals surface area contributed by atoms with Gasteiger partial charge in [-0.15, -0.1) is 0 Å². The second kappa shape index (κ2) is 4.84. The predicted molar refractivity (Wildman–Crippen MR) is 66.7 cm³/mol. The minimum absolute atomic E-state index is 0.337. The van der Waals surface area contributed by atoms with Gasteiger partial charge in [0.25, 0.3) is 0 Å². The van der Waals surface area contributed by atoms with Crippen LogP contribution in [-0.2, 0) is 6.42 Å². The highest BCUT2D eigenvalue weighted by Gasteiger charge is 2.09. The minimum atomic E-state index is 0.337. The van der Waals surface area contributed by atoms with Gasteiger partial charge >= 0.3 is 0 Å². The van der Waals surface area contributed by atoms with Gasteiger partial charge in [0.05, 0.1) is 0 Å². The maximum absolute atomic E-state index is 9.76. The molecule has 2 aromatic carbocycles. The molecule has 0 bridgehead atoms. The number of phenols is 1. The SMILES string of the molecule is CC(Cc1ccccc1)c1ccccc1O. The summed E-state index contributed by atoms with van der Waals surface area (Å²) in [6.45, 7) is 2.14. The standard InChI is InChI=1S/C15H16O/c1-12(11-13-7-3-2-4-8-13)14-9-5-6-10-15(14)16/h2-10,12,16H,11H2,1H3. The lowest BCUT2D eigenvalue weighted by Crippen LogP contribution is -1.98. The van der Waals surface area contributed by atoms with E-state index in [0.717, 1.165) is 12.0 Å². The third-order valence-electron chi connectivity index (χ3n) is 2.85. The molecule has 0 saturated carbocycles. The molecule has 0 amide bonds. The third kappa shape index (κ3) is 2.43. The third-order valence-corrected chi connectivity index (χ3v) is 2.85. The Hall–Kier alpha value is -1.76. The second-order valence-corrected chi connectivity index (χ2v) is 4.15. The molecule has 0 heterocycles. The highest BCUT2D eigenvalue weighted by atomic mass is 16.3. The lowest BCUT2D eigenvalue weighted by Gasteiger charge is -2.13. The quantitative estimate of drug-likeness (QED) is 0.821. The molecule has 2 aromatic rings. The second-order valence-electron chi connectivity index (χ2n) is 4.15. The van der Waals surface area contributed by atoms with Gasteiger partial charge in [0.15, 0.2) is 0 Å². The molecular formula is C15H16O. The molecule has 1 unspecified atom stereocenters. The van der Waals surface area contributed by atoms with E-state index in [1.165, 1.54) is 5.56 Å². The molecule has 1 nitrogen and oxygen atoms in total. The van der Waals surface area contributed by atoms with Crippen molar-refractivity contribution >= 4 is 0 Å². The molecule has 0 aliphatic rings. The number of para-hydroxylation sites is 1. The van der Waals surface area contributed by atoms with Crippen LogP contribution in [0.5, 0.6) is 5.75 Å². The molecule has 16 heavy (non-hydrogen) atoms. The van der Waals surface area contributed by atoms with E-state index in [0.29, 0.717) is 11.7 Å². The number of hydrogen-bond acceptors (Lipinski definition) is 1. The van der Waals surface area contributed by atoms with Crippen molar-refractivity contribution in [1.29, 1.82) is 0 Å². The van der Waals surface area contributed by atoms with Crippen LogP contribution in [0.1, 0.15) is 24.0 Å². The number of rotatable bonds is 3. The van der Waals surface area contributed by atoms with Gasteiger partial charge in [-0.3, -0.25) is 0 Å². The summed E-state index contributed by atoms with van der Waals surface area (Å²) in [4.78, 5) is 0. The van der Waals surface area contributed by atoms with Crippen LogP contribution in [-0.4, -0.2) is 5.11 Å². The summed E-state index contributed by atoms with van der Waals surface area (Å²) in [5, 5.41) is 9.76. The molecule has 1 N–H and O–H groups in total. The molecule has 0 aliphatic carbocycles. The zero-order valence-electron chi connectivity index (χ0n) is 9.43. The first-order valence-electron chi connectivity index (χ1n) is 5.59. The lowest BCUT2D eigenvalue weighted by atomic mass is 9.93. The average Bonchev–Trinajstić information content (AvgIpc) is 2.31. The molecule has 0 aromatic heterocycles. The fraction of sp³-hybridized carbons (Fsp3) is 0.200. The van der Waals surface area contributed by atoms with Crippen LogP contribution in [0.4, 0.5) is 0 Å². The van der Waals surface area contributed by atoms with Gasteiger partial charge < -0.3 is 5.11 Å². The first-order valence-corrected chi connectivity index (χ1v) is 5.59. The molecule has 0 aliphatic heterocycles. The van der Waals surface area contributed by atoms with Crippen LogP contribution >= 0.6 is 0 Å². The van der Waals surface area contributed by atoms with E-state index in [2.05, 4.69) is 19.1 Å². The Labute approximate surface area is 96.4 Å². The van der Waals surface area contributed by atoms with Gasteiger partial charge in [0.2, 0.25) is 0 Å². The van der Waals surface area contributed by atoms with Gasteiger partial charge in [0, 0.05) is 0 Å². The summed E-state index contributed by atoms with van der Waals surface area (Å²) < 4.78 is 0. The number of hydrogen-bond donors (Lipinski definition) is 1. The maximum Gasteiger partial charge on any atom is 0.119 e. The molecule has 1 heteroatoms. The number of aromatic hydroxyl groups is 1. The fourth-order valence-corrected chi connectivity index (χ4v) is 1.98. The largest absolute Gasteiger partial charge is 0.508 e. The first-order chi connectivity index (χ1) is 7.77. The maximum atomic E-state index is 9.76. The van der Waals surface area contributed by atoms with Crippen molar-refractivity contribution in [3.05, 3.63) is 65.7 Å². The van der Waals surface area contributed by atoms with Crippen molar-refractivity contribution in [1.82, 2.24) is 0 Å². The molecule has 2 rings (SSSR count). The van der Waals surface area contributed by atoms with Crippen molar-refractivity contribution in [3.8, 4) is 5.75 Å². The monoisotopic (exact) mass is 212 g/mol. The minimum Gasteiger partial charge on any atom is -0.508 e. The Morgan fingerprint density at radius 1 is 0.938 bits per heavy atom. The Bertz CT molecular complexity index is 448. The van der Waals surface area contributed by atoms with E-state index in [-0.39, 0.29) is 0 Å². The molecule has 1 atom stereocenters. The summed E-state index contributed by atoms with van der Waals surface area (Å²) in [6.07, 6.45) is 0.957. The Kier molecular flexibility index (Phi) is 3.25. The topological polar surface area (TPSA) is 20.2 Å². The van der Waals surface area contributed by atoms with Crippen molar-refractivity contribution in [2.75, 3.05) is 0 Å². The summed E-state index contributed by atoms with van der Waals surface area (Å²) in [5.41, 5.74) is 2.32. The summed E-state index contributed by atoms with van der Waals surface area (Å²) in [6, 6.07) is 17.9. The van der Waals surface area contributed by atoms with Gasteiger partial charge in [-0.1, -0.05) is 55.5 Å². The van der Waals surface area contributed by atoms with Gasteiger partial charge in [-0.2, -0.15) is 0 Å². The van der Waals surface area contributed by atoms with E-state index < -0.39 is 0 Å². The van der Waals surface area contributed by atoms with Crippen molar-refractivity contribution < 1.29 is 5.11 Å². The van der Waals surface area contributed by atoms with Gasteiger partial charge in [0.1, 0.15) is 5.75 Å². The van der Waals surface area contributed by atoms with Crippen LogP contribution in [0, 0.1) is 0 Å². The van der Waals surface area contributed by atoms with Crippen LogP contribution in [0.2, 0.25) is 0 Å². The highest BCUT2D eigenvalue weighted by molar-refractivity contribution is 5.35. The van der Waals surface area contributed by atoms with E-state index >= 15 is 0 Å². The van der Waals surface area contributed by atoms with Gasteiger partial charge in [-0.25, -0.2) is 0 Å². The Balaban J connectivity index is 2.15. The number of benzene rings is 2. The summed E-state index contributed by atoms with van der Waals surface area (Å²) in [5.74, 6) is 0.731. The van der Waals surface area contributed by atoms with Gasteiger partial charge in [-0.05, 0) is 29.5 Å². The van der Waals surface area contributed by atoms with Crippen molar-refractivity contribution in [2.24, 2.45) is 0 Å². The molecule has 0 saturated heterocycles. The smallest absolute Gasteiger partial charge is 0.119 e. The summed E-state index contributed by atoms with van der Waals surface area (Å²) >= 11 is 0. The van der Waals surface area contributed by atoms with Crippen molar-refractivity contribution in [2.45, 2.75) is 19.3 Å². The molecule has 0 radical (unpaired) electrons. The Morgan fingerprint density at radius 2 is 1.56 bits per heavy atom. The highest BCUT2D eigenvalue weighted by Crippen LogP contribution is 2.27. The number of phenolic OH excluding ortho intramolecular Hbond substituents is 1. The summed E-state index contributed by atoms with van der Waals surface area (Å²) in [7, 11) is 0. The normalized spacial score (nSPS) is 12.3. The van der Waals surface area contributed by atoms with E-state index in [1.807, 2.05) is 36.4 Å². The first kappa shape index (κ1) is 10.7. The average molecular weight is 212 g/mol.